The van der Waals surface area contributed by atoms with Crippen LogP contribution < -0.4 is 4.90 Å². The number of hydrogen-bond acceptors (Lipinski definition) is 4. The van der Waals surface area contributed by atoms with Crippen LogP contribution >= 0.6 is 0 Å². The van der Waals surface area contributed by atoms with Gasteiger partial charge in [-0.25, -0.2) is 9.97 Å². The van der Waals surface area contributed by atoms with E-state index in [9.17, 15) is 0 Å². The van der Waals surface area contributed by atoms with E-state index >= 15 is 0 Å². The first-order valence-electron chi connectivity index (χ1n) is 6.08. The molecular formula is C13H17N5. The molecule has 0 fully saturated rings. The Kier molecular flexibility index (Phi) is 3.47. The van der Waals surface area contributed by atoms with Crippen LogP contribution in [0.25, 0.3) is 11.0 Å². The Hall–Kier alpha value is -2.09. The van der Waals surface area contributed by atoms with Gasteiger partial charge < -0.3 is 9.47 Å². The van der Waals surface area contributed by atoms with Crippen molar-refractivity contribution >= 4 is 16.9 Å². The number of nitrogens with zero attached hydrogens (tertiary/aromatic N) is 5. The summed E-state index contributed by atoms with van der Waals surface area (Å²) in [6.45, 7) is 5.47. The highest BCUT2D eigenvalue weighted by molar-refractivity contribution is 5.86. The molecule has 0 aromatic carbocycles. The molecule has 5 heteroatoms. The topological polar surface area (TPSA) is 57.7 Å². The molecule has 5 nitrogen and oxygen atoms in total. The number of rotatable bonds is 4. The molecule has 0 amide bonds. The van der Waals surface area contributed by atoms with E-state index in [1.54, 1.807) is 12.5 Å². The van der Waals surface area contributed by atoms with Crippen LogP contribution in [0.2, 0.25) is 0 Å². The molecule has 0 aliphatic carbocycles. The van der Waals surface area contributed by atoms with Gasteiger partial charge in [-0.3, -0.25) is 0 Å². The van der Waals surface area contributed by atoms with Gasteiger partial charge in [0.1, 0.15) is 5.52 Å². The molecular weight excluding hydrogens is 226 g/mol. The molecule has 18 heavy (non-hydrogen) atoms. The number of hydrogen-bond donors (Lipinski definition) is 0. The SMILES string of the molecule is CCN(CC(C)C#N)c1nccc2c1ncn2C. The van der Waals surface area contributed by atoms with E-state index in [-0.39, 0.29) is 5.92 Å². The molecule has 0 saturated heterocycles. The van der Waals surface area contributed by atoms with Crippen LogP contribution in [0.1, 0.15) is 13.8 Å². The van der Waals surface area contributed by atoms with Gasteiger partial charge in [-0.05, 0) is 19.9 Å². The Labute approximate surface area is 107 Å². The van der Waals surface area contributed by atoms with Crippen LogP contribution in [0.4, 0.5) is 5.82 Å². The standard InChI is InChI=1S/C13H17N5/c1-4-18(8-10(2)7-14)13-12-11(5-6-15-13)17(3)9-16-12/h5-6,9-10H,4,8H2,1-3H3. The van der Waals surface area contributed by atoms with Crippen molar-refractivity contribution in [3.63, 3.8) is 0 Å². The summed E-state index contributed by atoms with van der Waals surface area (Å²) in [7, 11) is 1.97. The van der Waals surface area contributed by atoms with Crippen molar-refractivity contribution in [1.29, 1.82) is 5.26 Å². The van der Waals surface area contributed by atoms with Gasteiger partial charge in [-0.15, -0.1) is 0 Å². The Morgan fingerprint density at radius 2 is 2.28 bits per heavy atom. The first-order chi connectivity index (χ1) is 8.67. The van der Waals surface area contributed by atoms with E-state index in [2.05, 4.69) is 27.9 Å². The predicted molar refractivity (Wildman–Crippen MR) is 71.2 cm³/mol. The van der Waals surface area contributed by atoms with Crippen molar-refractivity contribution in [2.45, 2.75) is 13.8 Å². The summed E-state index contributed by atoms with van der Waals surface area (Å²) in [5, 5.41) is 8.93. The number of aryl methyl sites for hydroxylation is 1. The third-order valence-corrected chi connectivity index (χ3v) is 3.02. The van der Waals surface area contributed by atoms with Gasteiger partial charge in [0.05, 0.1) is 23.8 Å². The zero-order valence-corrected chi connectivity index (χ0v) is 11.0. The van der Waals surface area contributed by atoms with Crippen molar-refractivity contribution < 1.29 is 0 Å². The van der Waals surface area contributed by atoms with Gasteiger partial charge >= 0.3 is 0 Å². The number of anilines is 1. The molecule has 0 saturated carbocycles. The van der Waals surface area contributed by atoms with Crippen molar-refractivity contribution in [1.82, 2.24) is 14.5 Å². The van der Waals surface area contributed by atoms with Crippen LogP contribution in [-0.2, 0) is 7.05 Å². The zero-order chi connectivity index (χ0) is 13.1. The average molecular weight is 243 g/mol. The van der Waals surface area contributed by atoms with Gasteiger partial charge in [0.15, 0.2) is 5.82 Å². The quantitative estimate of drug-likeness (QED) is 0.823. The number of nitriles is 1. The van der Waals surface area contributed by atoms with Gasteiger partial charge in [0, 0.05) is 26.3 Å². The fraction of sp³-hybridized carbons (Fsp3) is 0.462. The molecule has 2 aromatic heterocycles. The summed E-state index contributed by atoms with van der Waals surface area (Å²) < 4.78 is 1.97. The van der Waals surface area contributed by atoms with Gasteiger partial charge in [0.2, 0.25) is 0 Å². The summed E-state index contributed by atoms with van der Waals surface area (Å²) in [5.41, 5.74) is 1.95. The fourth-order valence-electron chi connectivity index (χ4n) is 2.02. The largest absolute Gasteiger partial charge is 0.354 e. The summed E-state index contributed by atoms with van der Waals surface area (Å²) in [6, 6.07) is 4.21. The number of aromatic nitrogens is 3. The average Bonchev–Trinajstić information content (AvgIpc) is 2.78. The van der Waals surface area contributed by atoms with Gasteiger partial charge in [-0.2, -0.15) is 5.26 Å². The molecule has 2 rings (SSSR count). The predicted octanol–water partition coefficient (Wildman–Crippen LogP) is 1.95. The summed E-state index contributed by atoms with van der Waals surface area (Å²) >= 11 is 0. The third-order valence-electron chi connectivity index (χ3n) is 3.02. The first-order valence-corrected chi connectivity index (χ1v) is 6.08. The van der Waals surface area contributed by atoms with Crippen LogP contribution in [-0.4, -0.2) is 27.6 Å². The fourth-order valence-corrected chi connectivity index (χ4v) is 2.02. The Balaban J connectivity index is 2.42. The third kappa shape index (κ3) is 2.14. The molecule has 1 unspecified atom stereocenters. The van der Waals surface area contributed by atoms with E-state index in [4.69, 9.17) is 5.26 Å². The molecule has 2 aromatic rings. The van der Waals surface area contributed by atoms with Crippen LogP contribution in [0.15, 0.2) is 18.6 Å². The Morgan fingerprint density at radius 3 is 2.94 bits per heavy atom. The van der Waals surface area contributed by atoms with Gasteiger partial charge in [0.25, 0.3) is 0 Å². The summed E-state index contributed by atoms with van der Waals surface area (Å²) in [6.07, 6.45) is 3.58. The monoisotopic (exact) mass is 243 g/mol. The van der Waals surface area contributed by atoms with Crippen molar-refractivity contribution in [3.05, 3.63) is 18.6 Å². The molecule has 2 heterocycles. The lowest BCUT2D eigenvalue weighted by Crippen LogP contribution is -2.28. The van der Waals surface area contributed by atoms with Gasteiger partial charge in [-0.1, -0.05) is 0 Å². The minimum atomic E-state index is -0.0225. The molecule has 0 spiro atoms. The second-order valence-electron chi connectivity index (χ2n) is 4.43. The van der Waals surface area contributed by atoms with E-state index in [1.165, 1.54) is 0 Å². The van der Waals surface area contributed by atoms with Crippen LogP contribution in [0.3, 0.4) is 0 Å². The second kappa shape index (κ2) is 5.05. The summed E-state index contributed by atoms with van der Waals surface area (Å²) in [5.74, 6) is 0.836. The minimum absolute atomic E-state index is 0.0225. The molecule has 0 aliphatic rings. The number of pyridine rings is 1. The highest BCUT2D eigenvalue weighted by atomic mass is 15.2. The molecule has 0 N–H and O–H groups in total. The van der Waals surface area contributed by atoms with E-state index < -0.39 is 0 Å². The molecule has 0 radical (unpaired) electrons. The van der Waals surface area contributed by atoms with Crippen molar-refractivity contribution in [2.24, 2.45) is 13.0 Å². The molecule has 0 aliphatic heterocycles. The maximum absolute atomic E-state index is 8.93. The van der Waals surface area contributed by atoms with Crippen molar-refractivity contribution in [2.75, 3.05) is 18.0 Å². The Morgan fingerprint density at radius 1 is 1.50 bits per heavy atom. The van der Waals surface area contributed by atoms with E-state index in [0.29, 0.717) is 6.54 Å². The molecule has 1 atom stereocenters. The molecule has 94 valence electrons. The summed E-state index contributed by atoms with van der Waals surface area (Å²) in [4.78, 5) is 10.9. The Bertz CT molecular complexity index is 581. The highest BCUT2D eigenvalue weighted by Gasteiger charge is 2.15. The molecule has 0 bridgehead atoms. The first kappa shape index (κ1) is 12.4. The van der Waals surface area contributed by atoms with Crippen LogP contribution in [0.5, 0.6) is 0 Å². The lowest BCUT2D eigenvalue weighted by atomic mass is 10.2. The second-order valence-corrected chi connectivity index (χ2v) is 4.43. The number of fused-ring (bicyclic) bond motifs is 1. The number of imidazole rings is 1. The van der Waals surface area contributed by atoms with E-state index in [0.717, 1.165) is 23.4 Å². The highest BCUT2D eigenvalue weighted by Crippen LogP contribution is 2.22. The normalized spacial score (nSPS) is 12.3. The maximum atomic E-state index is 8.93. The van der Waals surface area contributed by atoms with Crippen molar-refractivity contribution in [3.8, 4) is 6.07 Å². The zero-order valence-electron chi connectivity index (χ0n) is 11.0. The smallest absolute Gasteiger partial charge is 0.156 e. The van der Waals surface area contributed by atoms with Crippen LogP contribution in [0, 0.1) is 17.2 Å². The minimum Gasteiger partial charge on any atom is -0.354 e. The van der Waals surface area contributed by atoms with E-state index in [1.807, 2.05) is 24.6 Å². The lowest BCUT2D eigenvalue weighted by molar-refractivity contribution is 0.681. The lowest BCUT2D eigenvalue weighted by Gasteiger charge is -2.23. The maximum Gasteiger partial charge on any atom is 0.156 e.